The van der Waals surface area contributed by atoms with Crippen molar-refractivity contribution in [2.75, 3.05) is 40.6 Å². The van der Waals surface area contributed by atoms with Gasteiger partial charge in [0.05, 0.1) is 12.8 Å². The Balaban J connectivity index is 1.10. The Morgan fingerprint density at radius 3 is 2.57 bits per heavy atom. The van der Waals surface area contributed by atoms with Crippen molar-refractivity contribution in [2.45, 2.75) is 31.7 Å². The van der Waals surface area contributed by atoms with E-state index >= 15 is 0 Å². The first kappa shape index (κ1) is 26.5. The average Bonchev–Trinajstić information content (AvgIpc) is 3.71. The second-order valence-electron chi connectivity index (χ2n) is 11.3. The maximum atomic E-state index is 13.4. The van der Waals surface area contributed by atoms with Crippen molar-refractivity contribution in [3.63, 3.8) is 0 Å². The normalized spacial score (nSPS) is 18.6. The van der Waals surface area contributed by atoms with E-state index in [-0.39, 0.29) is 18.7 Å². The van der Waals surface area contributed by atoms with E-state index in [9.17, 15) is 4.79 Å². The fourth-order valence-electron chi connectivity index (χ4n) is 6.52. The molecule has 0 radical (unpaired) electrons. The van der Waals surface area contributed by atoms with E-state index in [1.165, 1.54) is 5.56 Å². The molecule has 1 aromatic heterocycles. The van der Waals surface area contributed by atoms with Crippen LogP contribution in [0, 0.1) is 5.92 Å². The molecule has 10 nitrogen and oxygen atoms in total. The number of rotatable bonds is 6. The number of tetrazole rings is 1. The molecule has 0 saturated carbocycles. The Kier molecular flexibility index (Phi) is 6.99. The summed E-state index contributed by atoms with van der Waals surface area (Å²) in [6, 6.07) is 20.0. The molecule has 0 bridgehead atoms. The zero-order chi connectivity index (χ0) is 28.6. The molecule has 216 valence electrons. The van der Waals surface area contributed by atoms with Gasteiger partial charge in [0.25, 0.3) is 5.91 Å². The molecule has 1 atom stereocenters. The first-order valence-corrected chi connectivity index (χ1v) is 14.5. The molecule has 3 aromatic carbocycles. The van der Waals surface area contributed by atoms with Crippen molar-refractivity contribution in [2.24, 2.45) is 5.92 Å². The highest BCUT2D eigenvalue weighted by Crippen LogP contribution is 2.50. The van der Waals surface area contributed by atoms with Crippen molar-refractivity contribution in [3.05, 3.63) is 88.7 Å². The number of piperidine rings is 1. The van der Waals surface area contributed by atoms with Gasteiger partial charge in [0.15, 0.2) is 17.3 Å². The number of carbonyl (C=O) groups excluding carboxylic acids is 1. The van der Waals surface area contributed by atoms with Crippen LogP contribution < -0.4 is 14.2 Å². The minimum absolute atomic E-state index is 0.0680. The number of nitrogens with zero attached hydrogens (tertiary/aromatic N) is 6. The summed E-state index contributed by atoms with van der Waals surface area (Å²) in [5.74, 6) is 3.31. The van der Waals surface area contributed by atoms with E-state index in [1.54, 1.807) is 11.8 Å². The smallest absolute Gasteiger partial charge is 0.253 e. The van der Waals surface area contributed by atoms with E-state index < -0.39 is 0 Å². The Morgan fingerprint density at radius 2 is 1.81 bits per heavy atom. The number of fused-ring (bicyclic) bond motifs is 2. The summed E-state index contributed by atoms with van der Waals surface area (Å²) in [6.45, 7) is 2.55. The summed E-state index contributed by atoms with van der Waals surface area (Å²) in [4.78, 5) is 17.5. The molecule has 0 N–H and O–H groups in total. The monoisotopic (exact) mass is 566 g/mol. The second kappa shape index (κ2) is 11.1. The number of methoxy groups -OCH3 is 1. The molecule has 42 heavy (non-hydrogen) atoms. The Morgan fingerprint density at radius 1 is 1.02 bits per heavy atom. The number of hydrogen-bond donors (Lipinski definition) is 0. The highest BCUT2D eigenvalue weighted by atomic mass is 16.7. The van der Waals surface area contributed by atoms with Crippen LogP contribution >= 0.6 is 0 Å². The van der Waals surface area contributed by atoms with Crippen LogP contribution in [0.15, 0.2) is 60.7 Å². The predicted molar refractivity (Wildman–Crippen MR) is 155 cm³/mol. The number of likely N-dealkylation sites (tertiary alicyclic amines) is 1. The van der Waals surface area contributed by atoms with Gasteiger partial charge in [0, 0.05) is 30.8 Å². The zero-order valence-electron chi connectivity index (χ0n) is 23.9. The molecule has 1 fully saturated rings. The number of aromatic nitrogens is 4. The summed E-state index contributed by atoms with van der Waals surface area (Å²) < 4.78 is 19.0. The summed E-state index contributed by atoms with van der Waals surface area (Å²) in [5.41, 5.74) is 4.93. The van der Waals surface area contributed by atoms with Crippen LogP contribution in [0.1, 0.15) is 51.8 Å². The van der Waals surface area contributed by atoms with Gasteiger partial charge in [0.1, 0.15) is 6.04 Å². The van der Waals surface area contributed by atoms with Crippen LogP contribution in [0.2, 0.25) is 0 Å². The predicted octanol–water partition coefficient (Wildman–Crippen LogP) is 4.07. The maximum absolute atomic E-state index is 13.4. The van der Waals surface area contributed by atoms with Crippen LogP contribution in [0.3, 0.4) is 0 Å². The standard InChI is InChI=1S/C32H34N6O4/c1-36-15-14-24-19-26-29(42-20-41-26)30(40-2)27(24)28(36)31-33-34-35-38(31)25-10-8-23(9-11-25)32(39)37-16-12-22(13-17-37)18-21-6-4-3-5-7-21/h3-11,19,22,28H,12-18,20H2,1-2H3/t28-/m1/s1. The fraction of sp³-hybridized carbons (Fsp3) is 0.375. The van der Waals surface area contributed by atoms with Crippen molar-refractivity contribution >= 4 is 5.91 Å². The summed E-state index contributed by atoms with van der Waals surface area (Å²) in [5, 5.41) is 12.8. The van der Waals surface area contributed by atoms with Crippen LogP contribution in [-0.4, -0.2) is 76.5 Å². The highest BCUT2D eigenvalue weighted by Gasteiger charge is 2.38. The van der Waals surface area contributed by atoms with Crippen LogP contribution in [-0.2, 0) is 12.8 Å². The molecule has 10 heteroatoms. The minimum Gasteiger partial charge on any atom is -0.492 e. The molecule has 4 aromatic rings. The molecule has 7 rings (SSSR count). The van der Waals surface area contributed by atoms with Crippen molar-refractivity contribution in [1.29, 1.82) is 0 Å². The first-order chi connectivity index (χ1) is 20.6. The SMILES string of the molecule is COc1c2c(cc3c1[C@H](c1nnnn1-c1ccc(C(=O)N4CCC(Cc5ccccc5)CC4)cc1)N(C)CC3)OCO2. The zero-order valence-corrected chi connectivity index (χ0v) is 23.9. The number of amides is 1. The van der Waals surface area contributed by atoms with Gasteiger partial charge in [-0.3, -0.25) is 9.69 Å². The van der Waals surface area contributed by atoms with E-state index in [2.05, 4.69) is 57.8 Å². The lowest BCUT2D eigenvalue weighted by Crippen LogP contribution is -2.38. The molecule has 3 aliphatic heterocycles. The highest BCUT2D eigenvalue weighted by molar-refractivity contribution is 5.94. The quantitative estimate of drug-likeness (QED) is 0.345. The van der Waals surface area contributed by atoms with Gasteiger partial charge in [-0.2, -0.15) is 4.68 Å². The Labute approximate surface area is 244 Å². The molecular weight excluding hydrogens is 532 g/mol. The molecule has 3 aliphatic rings. The lowest BCUT2D eigenvalue weighted by Gasteiger charge is -2.34. The van der Waals surface area contributed by atoms with Gasteiger partial charge >= 0.3 is 0 Å². The Bertz CT molecular complexity index is 1580. The lowest BCUT2D eigenvalue weighted by atomic mass is 9.90. The molecule has 0 aliphatic carbocycles. The van der Waals surface area contributed by atoms with Crippen molar-refractivity contribution in [3.8, 4) is 22.9 Å². The van der Waals surface area contributed by atoms with E-state index in [0.29, 0.717) is 34.6 Å². The lowest BCUT2D eigenvalue weighted by molar-refractivity contribution is 0.0690. The van der Waals surface area contributed by atoms with Crippen molar-refractivity contribution < 1.29 is 19.0 Å². The van der Waals surface area contributed by atoms with Crippen molar-refractivity contribution in [1.82, 2.24) is 30.0 Å². The van der Waals surface area contributed by atoms with Gasteiger partial charge in [-0.15, -0.1) is 5.10 Å². The number of hydrogen-bond acceptors (Lipinski definition) is 8. The van der Waals surface area contributed by atoms with Gasteiger partial charge in [-0.1, -0.05) is 30.3 Å². The Hall–Kier alpha value is -4.44. The third-order valence-corrected chi connectivity index (χ3v) is 8.76. The van der Waals surface area contributed by atoms with Gasteiger partial charge < -0.3 is 19.1 Å². The van der Waals surface area contributed by atoms with Crippen LogP contribution in [0.4, 0.5) is 0 Å². The fourth-order valence-corrected chi connectivity index (χ4v) is 6.52. The summed E-state index contributed by atoms with van der Waals surface area (Å²) in [7, 11) is 3.70. The minimum atomic E-state index is -0.258. The third kappa shape index (κ3) is 4.75. The largest absolute Gasteiger partial charge is 0.492 e. The summed E-state index contributed by atoms with van der Waals surface area (Å²) >= 11 is 0. The molecule has 0 spiro atoms. The third-order valence-electron chi connectivity index (χ3n) is 8.76. The van der Waals surface area contributed by atoms with Gasteiger partial charge in [-0.05, 0) is 90.5 Å². The van der Waals surface area contributed by atoms with Gasteiger partial charge in [0.2, 0.25) is 12.5 Å². The topological polar surface area (TPSA) is 94.8 Å². The molecular formula is C32H34N6O4. The first-order valence-electron chi connectivity index (χ1n) is 14.5. The number of carbonyl (C=O) groups is 1. The molecule has 0 unspecified atom stereocenters. The van der Waals surface area contributed by atoms with Crippen LogP contribution in [0.25, 0.3) is 5.69 Å². The molecule has 4 heterocycles. The van der Waals surface area contributed by atoms with E-state index in [4.69, 9.17) is 14.2 Å². The number of ether oxygens (including phenoxy) is 3. The van der Waals surface area contributed by atoms with Crippen LogP contribution in [0.5, 0.6) is 17.2 Å². The maximum Gasteiger partial charge on any atom is 0.253 e. The number of likely N-dealkylation sites (N-methyl/N-ethyl adjacent to an activating group) is 1. The van der Waals surface area contributed by atoms with E-state index in [1.807, 2.05) is 35.2 Å². The molecule has 1 amide bonds. The average molecular weight is 567 g/mol. The summed E-state index contributed by atoms with van der Waals surface area (Å²) in [6.07, 6.45) is 3.96. The van der Waals surface area contributed by atoms with Gasteiger partial charge in [-0.25, -0.2) is 0 Å². The molecule has 1 saturated heterocycles. The second-order valence-corrected chi connectivity index (χ2v) is 11.3. The van der Waals surface area contributed by atoms with E-state index in [0.717, 1.165) is 62.1 Å². The number of benzene rings is 3.